The Morgan fingerprint density at radius 1 is 1.62 bits per heavy atom. The maximum absolute atomic E-state index is 5.94. The fourth-order valence-electron chi connectivity index (χ4n) is 0.967. The molecule has 0 radical (unpaired) electrons. The van der Waals surface area contributed by atoms with Crippen LogP contribution in [0.3, 0.4) is 0 Å². The standard InChI is InChI=1S/C9H12BrNS.ClH/c1-2-3-4-7(11)8-5-6-9(10)12-8;/h2,5-7H,1,3-4,11H2;1H/t7-;/m1./s1. The number of nitrogens with two attached hydrogens (primary N) is 1. The van der Waals surface area contributed by atoms with E-state index in [-0.39, 0.29) is 18.4 Å². The first kappa shape index (κ1) is 13.2. The lowest BCUT2D eigenvalue weighted by Crippen LogP contribution is -2.07. The smallest absolute Gasteiger partial charge is 0.0701 e. The van der Waals surface area contributed by atoms with Crippen LogP contribution in [0.4, 0.5) is 0 Å². The molecule has 1 nitrogen and oxygen atoms in total. The SMILES string of the molecule is C=CCC[C@@H](N)c1ccc(Br)s1.Cl. The summed E-state index contributed by atoms with van der Waals surface area (Å²) < 4.78 is 1.14. The van der Waals surface area contributed by atoms with E-state index in [0.29, 0.717) is 0 Å². The molecule has 0 bridgehead atoms. The van der Waals surface area contributed by atoms with Crippen LogP contribution in [0.5, 0.6) is 0 Å². The molecule has 4 heteroatoms. The molecule has 1 atom stereocenters. The van der Waals surface area contributed by atoms with Crippen molar-refractivity contribution < 1.29 is 0 Å². The Morgan fingerprint density at radius 3 is 2.77 bits per heavy atom. The molecule has 74 valence electrons. The van der Waals surface area contributed by atoms with Gasteiger partial charge in [0.2, 0.25) is 0 Å². The van der Waals surface area contributed by atoms with Crippen molar-refractivity contribution in [3.05, 3.63) is 33.5 Å². The molecule has 0 amide bonds. The number of hydrogen-bond donors (Lipinski definition) is 1. The lowest BCUT2D eigenvalue weighted by Gasteiger charge is -2.06. The van der Waals surface area contributed by atoms with Crippen molar-refractivity contribution in [3.63, 3.8) is 0 Å². The van der Waals surface area contributed by atoms with Gasteiger partial charge in [0.05, 0.1) is 3.79 Å². The summed E-state index contributed by atoms with van der Waals surface area (Å²) in [5.74, 6) is 0. The molecule has 1 heterocycles. The average molecular weight is 283 g/mol. The number of allylic oxidation sites excluding steroid dienone is 1. The fourth-order valence-corrected chi connectivity index (χ4v) is 2.43. The van der Waals surface area contributed by atoms with Crippen LogP contribution in [-0.4, -0.2) is 0 Å². The fraction of sp³-hybridized carbons (Fsp3) is 0.333. The Kier molecular flexibility index (Phi) is 6.68. The highest BCUT2D eigenvalue weighted by Crippen LogP contribution is 2.28. The number of thiophene rings is 1. The molecule has 0 aromatic carbocycles. The van der Waals surface area contributed by atoms with Gasteiger partial charge in [-0.15, -0.1) is 30.3 Å². The van der Waals surface area contributed by atoms with E-state index in [1.54, 1.807) is 11.3 Å². The summed E-state index contributed by atoms with van der Waals surface area (Å²) in [5, 5.41) is 0. The maximum atomic E-state index is 5.94. The van der Waals surface area contributed by atoms with Crippen LogP contribution < -0.4 is 5.73 Å². The van der Waals surface area contributed by atoms with Crippen LogP contribution in [0.2, 0.25) is 0 Å². The second-order valence-corrected chi connectivity index (χ2v) is 5.11. The number of halogens is 2. The van der Waals surface area contributed by atoms with Gasteiger partial charge in [0.1, 0.15) is 0 Å². The van der Waals surface area contributed by atoms with Crippen molar-refractivity contribution in [2.24, 2.45) is 5.73 Å². The van der Waals surface area contributed by atoms with E-state index >= 15 is 0 Å². The topological polar surface area (TPSA) is 26.0 Å². The molecular weight excluding hydrogens is 270 g/mol. The van der Waals surface area contributed by atoms with E-state index in [4.69, 9.17) is 5.73 Å². The average Bonchev–Trinajstić information content (AvgIpc) is 2.47. The minimum absolute atomic E-state index is 0. The summed E-state index contributed by atoms with van der Waals surface area (Å²) in [4.78, 5) is 1.24. The zero-order chi connectivity index (χ0) is 8.97. The van der Waals surface area contributed by atoms with Gasteiger partial charge in [-0.3, -0.25) is 0 Å². The largest absolute Gasteiger partial charge is 0.323 e. The molecule has 1 aromatic rings. The van der Waals surface area contributed by atoms with Crippen LogP contribution in [0.25, 0.3) is 0 Å². The lowest BCUT2D eigenvalue weighted by atomic mass is 10.1. The molecule has 0 saturated heterocycles. The Balaban J connectivity index is 0.00000144. The number of hydrogen-bond acceptors (Lipinski definition) is 2. The van der Waals surface area contributed by atoms with Gasteiger partial charge in [-0.2, -0.15) is 0 Å². The summed E-state index contributed by atoms with van der Waals surface area (Å²) in [6.07, 6.45) is 3.87. The first-order chi connectivity index (χ1) is 5.74. The van der Waals surface area contributed by atoms with Gasteiger partial charge in [-0.1, -0.05) is 6.08 Å². The van der Waals surface area contributed by atoms with Crippen molar-refractivity contribution in [1.82, 2.24) is 0 Å². The third-order valence-electron chi connectivity index (χ3n) is 1.64. The summed E-state index contributed by atoms with van der Waals surface area (Å²) in [6, 6.07) is 4.27. The van der Waals surface area contributed by atoms with E-state index in [1.165, 1.54) is 4.88 Å². The first-order valence-corrected chi connectivity index (χ1v) is 5.46. The van der Waals surface area contributed by atoms with E-state index in [9.17, 15) is 0 Å². The second kappa shape index (κ2) is 6.60. The summed E-state index contributed by atoms with van der Waals surface area (Å²) >= 11 is 5.12. The van der Waals surface area contributed by atoms with E-state index in [0.717, 1.165) is 16.6 Å². The van der Waals surface area contributed by atoms with Gasteiger partial charge < -0.3 is 5.73 Å². The van der Waals surface area contributed by atoms with E-state index < -0.39 is 0 Å². The van der Waals surface area contributed by atoms with Crippen LogP contribution >= 0.6 is 39.7 Å². The van der Waals surface area contributed by atoms with Gasteiger partial charge >= 0.3 is 0 Å². The van der Waals surface area contributed by atoms with Gasteiger partial charge in [-0.05, 0) is 40.9 Å². The molecule has 0 aliphatic heterocycles. The highest BCUT2D eigenvalue weighted by atomic mass is 79.9. The van der Waals surface area contributed by atoms with Crippen molar-refractivity contribution >= 4 is 39.7 Å². The summed E-state index contributed by atoms with van der Waals surface area (Å²) in [5.41, 5.74) is 5.94. The van der Waals surface area contributed by atoms with Gasteiger partial charge in [-0.25, -0.2) is 0 Å². The molecule has 2 N–H and O–H groups in total. The van der Waals surface area contributed by atoms with Crippen molar-refractivity contribution in [2.45, 2.75) is 18.9 Å². The van der Waals surface area contributed by atoms with Crippen molar-refractivity contribution in [2.75, 3.05) is 0 Å². The Morgan fingerprint density at radius 2 is 2.31 bits per heavy atom. The maximum Gasteiger partial charge on any atom is 0.0701 e. The number of rotatable bonds is 4. The minimum atomic E-state index is 0. The molecule has 0 fully saturated rings. The van der Waals surface area contributed by atoms with E-state index in [2.05, 4.69) is 28.6 Å². The molecule has 0 spiro atoms. The molecule has 0 saturated carbocycles. The predicted octanol–water partition coefficient (Wildman–Crippen LogP) is 3.90. The third kappa shape index (κ3) is 4.27. The van der Waals surface area contributed by atoms with Crippen LogP contribution in [-0.2, 0) is 0 Å². The van der Waals surface area contributed by atoms with Crippen LogP contribution in [0, 0.1) is 0 Å². The van der Waals surface area contributed by atoms with Crippen LogP contribution in [0.15, 0.2) is 28.6 Å². The summed E-state index contributed by atoms with van der Waals surface area (Å²) in [7, 11) is 0. The Labute approximate surface area is 97.6 Å². The molecule has 1 rings (SSSR count). The molecule has 1 aromatic heterocycles. The van der Waals surface area contributed by atoms with Crippen molar-refractivity contribution in [1.29, 1.82) is 0 Å². The zero-order valence-corrected chi connectivity index (χ0v) is 10.4. The quantitative estimate of drug-likeness (QED) is 0.833. The molecular formula is C9H13BrClNS. The highest BCUT2D eigenvalue weighted by Gasteiger charge is 2.06. The van der Waals surface area contributed by atoms with Gasteiger partial charge in [0.15, 0.2) is 0 Å². The molecule has 13 heavy (non-hydrogen) atoms. The zero-order valence-electron chi connectivity index (χ0n) is 7.20. The first-order valence-electron chi connectivity index (χ1n) is 3.85. The van der Waals surface area contributed by atoms with Gasteiger partial charge in [0, 0.05) is 10.9 Å². The lowest BCUT2D eigenvalue weighted by molar-refractivity contribution is 0.673. The van der Waals surface area contributed by atoms with Crippen LogP contribution in [0.1, 0.15) is 23.8 Å². The molecule has 0 aliphatic rings. The van der Waals surface area contributed by atoms with Crippen molar-refractivity contribution in [3.8, 4) is 0 Å². The third-order valence-corrected chi connectivity index (χ3v) is 3.40. The van der Waals surface area contributed by atoms with Gasteiger partial charge in [0.25, 0.3) is 0 Å². The Bertz CT molecular complexity index is 262. The van der Waals surface area contributed by atoms with E-state index in [1.807, 2.05) is 12.1 Å². The second-order valence-electron chi connectivity index (χ2n) is 2.61. The minimum Gasteiger partial charge on any atom is -0.323 e. The predicted molar refractivity (Wildman–Crippen MR) is 65.6 cm³/mol. The monoisotopic (exact) mass is 281 g/mol. The normalized spacial score (nSPS) is 11.8. The highest BCUT2D eigenvalue weighted by molar-refractivity contribution is 9.11. The molecule has 0 unspecified atom stereocenters. The Hall–Kier alpha value is 0.170. The summed E-state index contributed by atoms with van der Waals surface area (Å²) in [6.45, 7) is 3.67. The molecule has 0 aliphatic carbocycles.